The molecule has 1 saturated heterocycles. The van der Waals surface area contributed by atoms with Gasteiger partial charge in [-0.1, -0.05) is 18.2 Å². The van der Waals surface area contributed by atoms with Crippen LogP contribution in [0.15, 0.2) is 61.1 Å². The van der Waals surface area contributed by atoms with Gasteiger partial charge in [-0.3, -0.25) is 4.79 Å². The molecule has 32 heavy (non-hydrogen) atoms. The van der Waals surface area contributed by atoms with E-state index in [0.29, 0.717) is 13.1 Å². The Balaban J connectivity index is 1.48. The summed E-state index contributed by atoms with van der Waals surface area (Å²) in [6.45, 7) is 7.23. The van der Waals surface area contributed by atoms with Crippen LogP contribution in [0.3, 0.4) is 0 Å². The molecule has 0 radical (unpaired) electrons. The third kappa shape index (κ3) is 3.66. The van der Waals surface area contributed by atoms with Crippen molar-refractivity contribution in [1.82, 2.24) is 19.7 Å². The van der Waals surface area contributed by atoms with Crippen molar-refractivity contribution in [2.24, 2.45) is 0 Å². The van der Waals surface area contributed by atoms with Gasteiger partial charge in [-0.15, -0.1) is 0 Å². The number of hydrogen-bond acceptors (Lipinski definition) is 3. The summed E-state index contributed by atoms with van der Waals surface area (Å²) < 4.78 is 8.58. The minimum atomic E-state index is -0.0133. The molecular weight excluding hydrogens is 400 g/mol. The predicted molar refractivity (Wildman–Crippen MR) is 125 cm³/mol. The molecule has 6 heteroatoms. The van der Waals surface area contributed by atoms with Crippen molar-refractivity contribution in [3.63, 3.8) is 0 Å². The molecule has 1 N–H and O–H groups in total. The average Bonchev–Trinajstić information content (AvgIpc) is 3.49. The van der Waals surface area contributed by atoms with E-state index in [9.17, 15) is 4.79 Å². The molecule has 6 nitrogen and oxygen atoms in total. The maximum atomic E-state index is 12.2. The van der Waals surface area contributed by atoms with Gasteiger partial charge in [-0.05, 0) is 54.8 Å². The predicted octanol–water partition coefficient (Wildman–Crippen LogP) is 4.75. The van der Waals surface area contributed by atoms with E-state index >= 15 is 0 Å². The fourth-order valence-corrected chi connectivity index (χ4v) is 4.84. The number of H-pyrrole nitrogens is 1. The molecule has 1 aliphatic heterocycles. The van der Waals surface area contributed by atoms with Gasteiger partial charge in [0.2, 0.25) is 5.91 Å². The first-order valence-corrected chi connectivity index (χ1v) is 11.1. The van der Waals surface area contributed by atoms with E-state index in [1.54, 1.807) is 13.1 Å². The number of carbonyl (C=O) groups excluding carboxylic acids is 1. The normalized spacial score (nSPS) is 18.8. The number of fused-ring (bicyclic) bond motifs is 1. The van der Waals surface area contributed by atoms with Gasteiger partial charge in [0.15, 0.2) is 0 Å². The van der Waals surface area contributed by atoms with Crippen molar-refractivity contribution < 1.29 is 9.53 Å². The molecule has 3 heterocycles. The SMILES string of the molecule is CC(=O)N1CC[C@H](Oc2c(C)cc(C)c3[nH]ccc23)[C@@H](c2ccc(-n3cccn3)cc2)C1. The van der Waals surface area contributed by atoms with Crippen LogP contribution in [0.25, 0.3) is 16.6 Å². The van der Waals surface area contributed by atoms with Gasteiger partial charge >= 0.3 is 0 Å². The molecule has 4 aromatic rings. The first-order valence-electron chi connectivity index (χ1n) is 11.1. The van der Waals surface area contributed by atoms with Crippen LogP contribution in [-0.2, 0) is 4.79 Å². The Morgan fingerprint density at radius 3 is 2.69 bits per heavy atom. The van der Waals surface area contributed by atoms with Gasteiger partial charge in [0.05, 0.1) is 11.2 Å². The number of hydrogen-bond donors (Lipinski definition) is 1. The molecule has 2 aromatic carbocycles. The molecule has 0 saturated carbocycles. The van der Waals surface area contributed by atoms with Gasteiger partial charge in [-0.25, -0.2) is 4.68 Å². The first kappa shape index (κ1) is 20.4. The molecule has 164 valence electrons. The summed E-state index contributed by atoms with van der Waals surface area (Å²) in [6, 6.07) is 14.6. The number of aromatic amines is 1. The quantitative estimate of drug-likeness (QED) is 0.510. The van der Waals surface area contributed by atoms with E-state index in [-0.39, 0.29) is 17.9 Å². The number of benzene rings is 2. The Morgan fingerprint density at radius 1 is 1.16 bits per heavy atom. The van der Waals surface area contributed by atoms with Gasteiger partial charge in [0.1, 0.15) is 11.9 Å². The molecule has 1 aliphatic rings. The Kier molecular flexibility index (Phi) is 5.21. The molecule has 2 atom stereocenters. The smallest absolute Gasteiger partial charge is 0.219 e. The zero-order valence-corrected chi connectivity index (χ0v) is 18.7. The lowest BCUT2D eigenvalue weighted by molar-refractivity contribution is -0.131. The van der Waals surface area contributed by atoms with E-state index in [4.69, 9.17) is 4.74 Å². The minimum Gasteiger partial charge on any atom is -0.489 e. The van der Waals surface area contributed by atoms with Crippen molar-refractivity contribution in [1.29, 1.82) is 0 Å². The van der Waals surface area contributed by atoms with Crippen LogP contribution in [0, 0.1) is 13.8 Å². The van der Waals surface area contributed by atoms with E-state index in [2.05, 4.69) is 60.3 Å². The number of likely N-dealkylation sites (tertiary alicyclic amines) is 1. The summed E-state index contributed by atoms with van der Waals surface area (Å²) in [5.41, 5.74) is 5.65. The highest BCUT2D eigenvalue weighted by atomic mass is 16.5. The standard InChI is InChI=1S/C26H28N4O2/c1-17-15-18(2)26(22-9-12-27-25(17)22)32-24-10-14-29(19(3)31)16-23(24)20-5-7-21(8-6-20)30-13-4-11-28-30/h4-9,11-13,15,23-24,27H,10,14,16H2,1-3H3/t23-,24+/m1/s1. The molecule has 0 bridgehead atoms. The third-order valence-electron chi connectivity index (χ3n) is 6.53. The second-order valence-electron chi connectivity index (χ2n) is 8.66. The Bertz CT molecular complexity index is 1240. The molecule has 1 fully saturated rings. The first-order chi connectivity index (χ1) is 15.5. The lowest BCUT2D eigenvalue weighted by atomic mass is 9.87. The number of nitrogens with one attached hydrogen (secondary N) is 1. The van der Waals surface area contributed by atoms with Crippen LogP contribution in [0.1, 0.15) is 36.0 Å². The number of carbonyl (C=O) groups is 1. The molecule has 0 aliphatic carbocycles. The van der Waals surface area contributed by atoms with Gasteiger partial charge in [0.25, 0.3) is 0 Å². The summed E-state index contributed by atoms with van der Waals surface area (Å²) in [5, 5.41) is 5.43. The van der Waals surface area contributed by atoms with Crippen LogP contribution in [0.5, 0.6) is 5.75 Å². The second-order valence-corrected chi connectivity index (χ2v) is 8.66. The molecular formula is C26H28N4O2. The topological polar surface area (TPSA) is 63.1 Å². The average molecular weight is 429 g/mol. The van der Waals surface area contributed by atoms with Crippen molar-refractivity contribution in [2.75, 3.05) is 13.1 Å². The van der Waals surface area contributed by atoms with E-state index in [0.717, 1.165) is 34.3 Å². The zero-order chi connectivity index (χ0) is 22.2. The Labute approximate surface area is 187 Å². The highest BCUT2D eigenvalue weighted by molar-refractivity contribution is 5.89. The number of aromatic nitrogens is 3. The van der Waals surface area contributed by atoms with Gasteiger partial charge in [0, 0.05) is 56.3 Å². The molecule has 2 aromatic heterocycles. The lowest BCUT2D eigenvalue weighted by Gasteiger charge is -2.39. The zero-order valence-electron chi connectivity index (χ0n) is 18.7. The number of piperidine rings is 1. The summed E-state index contributed by atoms with van der Waals surface area (Å²) in [4.78, 5) is 17.4. The van der Waals surface area contributed by atoms with Gasteiger partial charge < -0.3 is 14.6 Å². The molecule has 5 rings (SSSR count). The van der Waals surface area contributed by atoms with E-state index in [1.807, 2.05) is 28.0 Å². The van der Waals surface area contributed by atoms with Crippen molar-refractivity contribution in [3.8, 4) is 11.4 Å². The fourth-order valence-electron chi connectivity index (χ4n) is 4.84. The van der Waals surface area contributed by atoms with Crippen LogP contribution in [0.2, 0.25) is 0 Å². The van der Waals surface area contributed by atoms with Crippen molar-refractivity contribution in [2.45, 2.75) is 39.2 Å². The maximum Gasteiger partial charge on any atom is 0.219 e. The minimum absolute atomic E-state index is 0.0133. The van der Waals surface area contributed by atoms with Crippen LogP contribution >= 0.6 is 0 Å². The summed E-state index contributed by atoms with van der Waals surface area (Å²) in [7, 11) is 0. The number of aryl methyl sites for hydroxylation is 2. The van der Waals surface area contributed by atoms with Crippen molar-refractivity contribution >= 4 is 16.8 Å². The van der Waals surface area contributed by atoms with E-state index < -0.39 is 0 Å². The van der Waals surface area contributed by atoms with Crippen LogP contribution in [0.4, 0.5) is 0 Å². The highest BCUT2D eigenvalue weighted by Crippen LogP contribution is 2.37. The Hall–Kier alpha value is -3.54. The summed E-state index contributed by atoms with van der Waals surface area (Å²) in [6.07, 6.45) is 6.45. The van der Waals surface area contributed by atoms with Crippen LogP contribution in [-0.4, -0.2) is 44.8 Å². The fraction of sp³-hybridized carbons (Fsp3) is 0.308. The second kappa shape index (κ2) is 8.19. The molecule has 0 unspecified atom stereocenters. The monoisotopic (exact) mass is 428 g/mol. The number of rotatable bonds is 4. The largest absolute Gasteiger partial charge is 0.489 e. The molecule has 0 spiro atoms. The lowest BCUT2D eigenvalue weighted by Crippen LogP contribution is -2.46. The third-order valence-corrected chi connectivity index (χ3v) is 6.53. The Morgan fingerprint density at radius 2 is 1.97 bits per heavy atom. The summed E-state index contributed by atoms with van der Waals surface area (Å²) in [5.74, 6) is 1.14. The summed E-state index contributed by atoms with van der Waals surface area (Å²) >= 11 is 0. The highest BCUT2D eigenvalue weighted by Gasteiger charge is 2.34. The van der Waals surface area contributed by atoms with Crippen molar-refractivity contribution in [3.05, 3.63) is 77.7 Å². The number of nitrogens with zero attached hydrogens (tertiary/aromatic N) is 3. The van der Waals surface area contributed by atoms with Gasteiger partial charge in [-0.2, -0.15) is 5.10 Å². The number of ether oxygens (including phenoxy) is 1. The van der Waals surface area contributed by atoms with Crippen LogP contribution < -0.4 is 4.74 Å². The van der Waals surface area contributed by atoms with E-state index in [1.165, 1.54) is 11.1 Å². The molecule has 1 amide bonds. The number of amides is 1. The maximum absolute atomic E-state index is 12.2.